The van der Waals surface area contributed by atoms with Crippen LogP contribution >= 0.6 is 32.9 Å². The van der Waals surface area contributed by atoms with Crippen molar-refractivity contribution in [3.8, 4) is 24.7 Å². The standard InChI is InChI=1S/C13H15NOS.C7H14.C6H12.C5H6N2S2.C2H6.C2H2/c1-5-12-11(14-9-15)8-10(16-12)6-7-13(2,3)4;1-7-5-3-2-4-6-7;1-2-4-6-5-3-1;1-8-9-5-6-3-2-4-7-5;2*1-2/h5,8-9H,1H2,2-4H3,(H,14,15);7H,2-6H2,1H3;1-6H2;2-4H,1H3;1-2H3;1-2H. The zero-order valence-electron chi connectivity index (χ0n) is 27.2. The summed E-state index contributed by atoms with van der Waals surface area (Å²) >= 11 is 1.53. The van der Waals surface area contributed by atoms with E-state index in [-0.39, 0.29) is 5.41 Å². The average Bonchev–Trinajstić information content (AvgIpc) is 3.43. The molecule has 2 saturated carbocycles. The summed E-state index contributed by atoms with van der Waals surface area (Å²) in [4.78, 5) is 20.3. The van der Waals surface area contributed by atoms with Crippen LogP contribution in [0, 0.1) is 36.0 Å². The van der Waals surface area contributed by atoms with E-state index < -0.39 is 0 Å². The fraction of sp³-hybridized carbons (Fsp3) is 0.571. The SMILES string of the molecule is C#C.C1CCCCC1.C=Cc1sc(C#CC(C)(C)C)cc1NC=O.CC.CC1CCCCC1.CSSc1ncccn1. The number of carbonyl (C=O) groups is 1. The molecule has 7 heteroatoms. The second-order valence-electron chi connectivity index (χ2n) is 10.5. The molecule has 0 aromatic carbocycles. The molecule has 42 heavy (non-hydrogen) atoms. The summed E-state index contributed by atoms with van der Waals surface area (Å²) in [5, 5.41) is 3.46. The molecule has 0 bridgehead atoms. The van der Waals surface area contributed by atoms with E-state index in [0.717, 1.165) is 26.5 Å². The predicted octanol–water partition coefficient (Wildman–Crippen LogP) is 11.4. The molecule has 0 spiro atoms. The van der Waals surface area contributed by atoms with Crippen molar-refractivity contribution in [2.24, 2.45) is 11.3 Å². The maximum Gasteiger partial charge on any atom is 0.211 e. The molecule has 0 atom stereocenters. The summed E-state index contributed by atoms with van der Waals surface area (Å²) in [5.74, 6) is 7.29. The second kappa shape index (κ2) is 28.9. The quantitative estimate of drug-likeness (QED) is 0.154. The predicted molar refractivity (Wildman–Crippen MR) is 193 cm³/mol. The minimum absolute atomic E-state index is 0.0173. The summed E-state index contributed by atoms with van der Waals surface area (Å²) in [6, 6.07) is 3.68. The summed E-state index contributed by atoms with van der Waals surface area (Å²) < 4.78 is 0. The van der Waals surface area contributed by atoms with Gasteiger partial charge in [-0.05, 0) is 61.9 Å². The van der Waals surface area contributed by atoms with Crippen molar-refractivity contribution in [1.82, 2.24) is 9.97 Å². The third-order valence-corrected chi connectivity index (χ3v) is 8.34. The third kappa shape index (κ3) is 24.4. The Balaban J connectivity index is 0. The molecule has 0 aliphatic heterocycles. The molecule has 2 aliphatic carbocycles. The van der Waals surface area contributed by atoms with Gasteiger partial charge in [0, 0.05) is 17.8 Å². The lowest BCUT2D eigenvalue weighted by molar-refractivity contribution is -0.105. The molecule has 234 valence electrons. The maximum atomic E-state index is 10.4. The molecule has 2 aromatic heterocycles. The Kier molecular flexibility index (Phi) is 28.9. The lowest BCUT2D eigenvalue weighted by Crippen LogP contribution is -1.99. The first-order valence-corrected chi connectivity index (χ1v) is 18.5. The van der Waals surface area contributed by atoms with Crippen molar-refractivity contribution >= 4 is 51.1 Å². The monoisotopic (exact) mass is 629 g/mol. The van der Waals surface area contributed by atoms with Crippen molar-refractivity contribution in [3.63, 3.8) is 0 Å². The minimum Gasteiger partial charge on any atom is -0.327 e. The normalized spacial score (nSPS) is 13.7. The van der Waals surface area contributed by atoms with Crippen LogP contribution in [0.3, 0.4) is 0 Å². The highest BCUT2D eigenvalue weighted by Gasteiger charge is 2.07. The van der Waals surface area contributed by atoms with Crippen LogP contribution in [0.25, 0.3) is 6.08 Å². The van der Waals surface area contributed by atoms with Gasteiger partial charge in [0.15, 0.2) is 5.16 Å². The van der Waals surface area contributed by atoms with Crippen LogP contribution in [0.2, 0.25) is 0 Å². The molecule has 1 N–H and O–H groups in total. The second-order valence-corrected chi connectivity index (χ2v) is 13.9. The highest BCUT2D eigenvalue weighted by atomic mass is 33.1. The lowest BCUT2D eigenvalue weighted by Gasteiger charge is -2.15. The molecule has 2 fully saturated rings. The van der Waals surface area contributed by atoms with Gasteiger partial charge in [-0.15, -0.1) is 24.2 Å². The molecule has 2 heterocycles. The average molecular weight is 630 g/mol. The highest BCUT2D eigenvalue weighted by molar-refractivity contribution is 8.76. The fourth-order valence-corrected chi connectivity index (χ4v) is 5.70. The first-order chi connectivity index (χ1) is 20.3. The van der Waals surface area contributed by atoms with Crippen LogP contribution in [0.1, 0.15) is 122 Å². The van der Waals surface area contributed by atoms with E-state index in [4.69, 9.17) is 0 Å². The molecule has 2 aliphatic rings. The molecule has 0 saturated heterocycles. The Bertz CT molecular complexity index is 980. The summed E-state index contributed by atoms with van der Waals surface area (Å²) in [5.41, 5.74) is 0.754. The first kappa shape index (κ1) is 41.9. The van der Waals surface area contributed by atoms with E-state index in [2.05, 4.69) is 74.2 Å². The van der Waals surface area contributed by atoms with E-state index in [1.165, 1.54) is 82.0 Å². The Hall–Kier alpha value is -2.19. The van der Waals surface area contributed by atoms with Crippen LogP contribution in [0.4, 0.5) is 5.69 Å². The van der Waals surface area contributed by atoms with Gasteiger partial charge in [0.1, 0.15) is 0 Å². The zero-order chi connectivity index (χ0) is 32.1. The molecule has 0 radical (unpaired) electrons. The van der Waals surface area contributed by atoms with E-state index in [0.29, 0.717) is 6.41 Å². The molecule has 4 nitrogen and oxygen atoms in total. The van der Waals surface area contributed by atoms with Crippen LogP contribution in [-0.2, 0) is 4.79 Å². The molecule has 0 unspecified atom stereocenters. The number of anilines is 1. The first-order valence-electron chi connectivity index (χ1n) is 15.1. The minimum atomic E-state index is -0.0173. The van der Waals surface area contributed by atoms with Gasteiger partial charge in [0.2, 0.25) is 6.41 Å². The Morgan fingerprint density at radius 3 is 1.88 bits per heavy atom. The van der Waals surface area contributed by atoms with Crippen LogP contribution in [0.15, 0.2) is 36.3 Å². The smallest absolute Gasteiger partial charge is 0.211 e. The van der Waals surface area contributed by atoms with Gasteiger partial charge in [-0.2, -0.15) is 0 Å². The number of nitrogens with zero attached hydrogens (tertiary/aromatic N) is 2. The van der Waals surface area contributed by atoms with Crippen molar-refractivity contribution < 1.29 is 4.79 Å². The van der Waals surface area contributed by atoms with Gasteiger partial charge in [-0.3, -0.25) is 4.79 Å². The van der Waals surface area contributed by atoms with Crippen molar-refractivity contribution in [2.45, 2.75) is 117 Å². The third-order valence-electron chi connectivity index (χ3n) is 5.82. The van der Waals surface area contributed by atoms with Crippen molar-refractivity contribution in [2.75, 3.05) is 11.6 Å². The van der Waals surface area contributed by atoms with Gasteiger partial charge < -0.3 is 5.32 Å². The number of amides is 1. The Morgan fingerprint density at radius 2 is 1.50 bits per heavy atom. The maximum absolute atomic E-state index is 10.4. The van der Waals surface area contributed by atoms with Crippen molar-refractivity contribution in [1.29, 1.82) is 0 Å². The van der Waals surface area contributed by atoms with E-state index in [1.54, 1.807) is 40.1 Å². The summed E-state index contributed by atoms with van der Waals surface area (Å²) in [6.45, 7) is 16.2. The molecular formula is C35H55N3OS3. The van der Waals surface area contributed by atoms with Crippen LogP contribution < -0.4 is 5.32 Å². The van der Waals surface area contributed by atoms with Crippen LogP contribution in [-0.4, -0.2) is 22.6 Å². The van der Waals surface area contributed by atoms with Gasteiger partial charge >= 0.3 is 0 Å². The van der Waals surface area contributed by atoms with Crippen molar-refractivity contribution in [3.05, 3.63) is 40.9 Å². The number of carbonyl (C=O) groups excluding carboxylic acids is 1. The van der Waals surface area contributed by atoms with Gasteiger partial charge in [-0.25, -0.2) is 9.97 Å². The number of rotatable bonds is 5. The van der Waals surface area contributed by atoms with Crippen LogP contribution in [0.5, 0.6) is 0 Å². The number of hydrogen-bond donors (Lipinski definition) is 1. The molecule has 4 rings (SSSR count). The molecular weight excluding hydrogens is 575 g/mol. The topological polar surface area (TPSA) is 54.9 Å². The lowest BCUT2D eigenvalue weighted by atomic mass is 9.91. The van der Waals surface area contributed by atoms with E-state index >= 15 is 0 Å². The number of nitrogens with one attached hydrogen (secondary N) is 1. The Labute approximate surface area is 270 Å². The van der Waals surface area contributed by atoms with Gasteiger partial charge in [0.25, 0.3) is 0 Å². The number of aromatic nitrogens is 2. The summed E-state index contributed by atoms with van der Waals surface area (Å²) in [7, 11) is 3.22. The van der Waals surface area contributed by atoms with E-state index in [9.17, 15) is 4.79 Å². The largest absolute Gasteiger partial charge is 0.327 e. The number of terminal acetylenes is 1. The molecule has 2 aromatic rings. The van der Waals surface area contributed by atoms with Gasteiger partial charge in [-0.1, -0.05) is 121 Å². The van der Waals surface area contributed by atoms with Gasteiger partial charge in [0.05, 0.1) is 15.4 Å². The Morgan fingerprint density at radius 1 is 1.00 bits per heavy atom. The fourth-order valence-electron chi connectivity index (χ4n) is 3.81. The zero-order valence-corrected chi connectivity index (χ0v) is 29.7. The number of thiophene rings is 1. The van der Waals surface area contributed by atoms with E-state index in [1.807, 2.05) is 32.2 Å². The summed E-state index contributed by atoms with van der Waals surface area (Å²) in [6.07, 6.45) is 32.3. The molecule has 1 amide bonds. The number of hydrogen-bond acceptors (Lipinski definition) is 6. The highest BCUT2D eigenvalue weighted by Crippen LogP contribution is 2.28.